The largest absolute Gasteiger partial charge is 0.395 e. The van der Waals surface area contributed by atoms with Crippen molar-refractivity contribution in [3.05, 3.63) is 58.9 Å². The van der Waals surface area contributed by atoms with Gasteiger partial charge in [0.15, 0.2) is 5.78 Å². The lowest BCUT2D eigenvalue weighted by Gasteiger charge is -2.40. The first kappa shape index (κ1) is 26.3. The SMILES string of the molecule is CC(C)(C)c1cccc(CN=C2CS(O)(O)C[C@@H](Cc3cc(F)c(N)c(N4CCCC4=O)c3)C2=O)c1. The number of nitrogens with two attached hydrogens (primary N) is 1. The third-order valence-electron chi connectivity index (χ3n) is 6.75. The van der Waals surface area contributed by atoms with Crippen molar-refractivity contribution < 1.29 is 23.1 Å². The average molecular weight is 516 g/mol. The van der Waals surface area contributed by atoms with Gasteiger partial charge in [0.1, 0.15) is 5.82 Å². The minimum absolute atomic E-state index is 0.0305. The smallest absolute Gasteiger partial charge is 0.227 e. The molecular formula is C27H34FN3O4S. The Morgan fingerprint density at radius 1 is 1.17 bits per heavy atom. The second-order valence-corrected chi connectivity index (χ2v) is 13.0. The van der Waals surface area contributed by atoms with E-state index in [-0.39, 0.29) is 53.0 Å². The molecule has 2 heterocycles. The maximum absolute atomic E-state index is 14.7. The van der Waals surface area contributed by atoms with Crippen LogP contribution in [0.25, 0.3) is 0 Å². The van der Waals surface area contributed by atoms with Crippen molar-refractivity contribution in [1.29, 1.82) is 0 Å². The minimum atomic E-state index is -3.06. The first-order chi connectivity index (χ1) is 16.8. The second kappa shape index (κ2) is 9.95. The summed E-state index contributed by atoms with van der Waals surface area (Å²) in [7, 11) is -3.06. The number of aliphatic imine (C=N–C) groups is 1. The number of hydrogen-bond acceptors (Lipinski definition) is 6. The molecule has 2 aromatic rings. The van der Waals surface area contributed by atoms with Crippen molar-refractivity contribution in [2.45, 2.75) is 52.0 Å². The number of rotatable bonds is 5. The molecule has 0 spiro atoms. The van der Waals surface area contributed by atoms with Gasteiger partial charge in [0.05, 0.1) is 29.4 Å². The Morgan fingerprint density at radius 2 is 1.92 bits per heavy atom. The number of amides is 1. The van der Waals surface area contributed by atoms with Gasteiger partial charge in [-0.2, -0.15) is 10.6 Å². The van der Waals surface area contributed by atoms with E-state index in [4.69, 9.17) is 5.73 Å². The van der Waals surface area contributed by atoms with E-state index in [1.165, 1.54) is 11.0 Å². The first-order valence-electron chi connectivity index (χ1n) is 12.1. The van der Waals surface area contributed by atoms with Gasteiger partial charge in [-0.25, -0.2) is 4.39 Å². The number of nitrogens with zero attached hydrogens (tertiary/aromatic N) is 2. The zero-order valence-corrected chi connectivity index (χ0v) is 21.8. The Labute approximate surface area is 213 Å². The lowest BCUT2D eigenvalue weighted by molar-refractivity contribution is -0.117. The van der Waals surface area contributed by atoms with Gasteiger partial charge >= 0.3 is 0 Å². The Morgan fingerprint density at radius 3 is 2.58 bits per heavy atom. The van der Waals surface area contributed by atoms with Crippen molar-refractivity contribution in [3.8, 4) is 0 Å². The van der Waals surface area contributed by atoms with Crippen molar-refractivity contribution in [3.63, 3.8) is 0 Å². The van der Waals surface area contributed by atoms with Crippen molar-refractivity contribution >= 4 is 39.4 Å². The standard InChI is InChI=1S/C27H34FN3O4S/c1-27(2,3)20-7-4-6-17(11-20)14-30-22-16-36(34,35)15-19(26(22)33)10-18-12-21(28)25(29)23(13-18)31-9-5-8-24(31)32/h4,6-7,11-13,19,34-35H,5,8-10,14-16,29H2,1-3H3/t19-/m1/s1. The highest BCUT2D eigenvalue weighted by atomic mass is 32.3. The molecule has 2 aromatic carbocycles. The molecule has 4 rings (SSSR count). The molecule has 4 N–H and O–H groups in total. The monoisotopic (exact) mass is 515 g/mol. The van der Waals surface area contributed by atoms with Crippen LogP contribution in [0.15, 0.2) is 41.4 Å². The first-order valence-corrected chi connectivity index (χ1v) is 14.0. The van der Waals surface area contributed by atoms with Crippen LogP contribution in [0.4, 0.5) is 15.8 Å². The molecule has 7 nitrogen and oxygen atoms in total. The van der Waals surface area contributed by atoms with Gasteiger partial charge in [-0.15, -0.1) is 0 Å². The number of carbonyl (C=O) groups excluding carboxylic acids is 2. The Bertz CT molecular complexity index is 1220. The number of benzene rings is 2. The summed E-state index contributed by atoms with van der Waals surface area (Å²) in [6, 6.07) is 10.9. The summed E-state index contributed by atoms with van der Waals surface area (Å²) >= 11 is 0. The van der Waals surface area contributed by atoms with Gasteiger partial charge in [-0.3, -0.25) is 23.7 Å². The molecule has 194 valence electrons. The minimum Gasteiger partial charge on any atom is -0.395 e. The van der Waals surface area contributed by atoms with E-state index in [0.717, 1.165) is 11.1 Å². The fourth-order valence-corrected chi connectivity index (χ4v) is 6.47. The summed E-state index contributed by atoms with van der Waals surface area (Å²) < 4.78 is 35.8. The number of hydrogen-bond donors (Lipinski definition) is 3. The molecule has 2 aliphatic rings. The maximum atomic E-state index is 14.7. The predicted molar refractivity (Wildman–Crippen MR) is 143 cm³/mol. The van der Waals surface area contributed by atoms with E-state index in [1.807, 2.05) is 24.3 Å². The molecule has 1 atom stereocenters. The molecule has 9 heteroatoms. The van der Waals surface area contributed by atoms with Gasteiger partial charge in [-0.05, 0) is 47.1 Å². The number of ketones is 1. The highest BCUT2D eigenvalue weighted by Crippen LogP contribution is 2.45. The summed E-state index contributed by atoms with van der Waals surface area (Å²) in [4.78, 5) is 31.4. The van der Waals surface area contributed by atoms with Crippen LogP contribution in [0.3, 0.4) is 0 Å². The molecule has 0 aliphatic carbocycles. The third kappa shape index (κ3) is 5.79. The zero-order chi connectivity index (χ0) is 26.3. The highest BCUT2D eigenvalue weighted by Gasteiger charge is 2.37. The van der Waals surface area contributed by atoms with Crippen LogP contribution in [-0.2, 0) is 28.0 Å². The Kier molecular flexibility index (Phi) is 7.28. The van der Waals surface area contributed by atoms with Gasteiger partial charge in [0.2, 0.25) is 5.91 Å². The predicted octanol–water partition coefficient (Wildman–Crippen LogP) is 4.97. The molecule has 2 aliphatic heterocycles. The van der Waals surface area contributed by atoms with E-state index < -0.39 is 22.3 Å². The second-order valence-electron chi connectivity index (χ2n) is 10.8. The summed E-state index contributed by atoms with van der Waals surface area (Å²) in [5.41, 5.74) is 8.79. The lowest BCUT2D eigenvalue weighted by Crippen LogP contribution is -2.40. The molecule has 0 radical (unpaired) electrons. The summed E-state index contributed by atoms with van der Waals surface area (Å²) in [6.07, 6.45) is 1.15. The molecule has 36 heavy (non-hydrogen) atoms. The normalized spacial score (nSPS) is 22.3. The Balaban J connectivity index is 1.57. The van der Waals surface area contributed by atoms with E-state index in [9.17, 15) is 23.1 Å². The quantitative estimate of drug-likeness (QED) is 0.487. The number of nitrogen functional groups attached to an aromatic ring is 1. The maximum Gasteiger partial charge on any atom is 0.227 e. The van der Waals surface area contributed by atoms with Crippen LogP contribution in [0, 0.1) is 11.7 Å². The zero-order valence-electron chi connectivity index (χ0n) is 21.0. The van der Waals surface area contributed by atoms with Crippen LogP contribution in [0.5, 0.6) is 0 Å². The van der Waals surface area contributed by atoms with Crippen LogP contribution in [-0.4, -0.2) is 44.6 Å². The summed E-state index contributed by atoms with van der Waals surface area (Å²) in [6.45, 7) is 7.07. The lowest BCUT2D eigenvalue weighted by atomic mass is 9.86. The Hall–Kier alpha value is -2.75. The number of halogens is 1. The summed E-state index contributed by atoms with van der Waals surface area (Å²) in [5.74, 6) is -2.08. The van der Waals surface area contributed by atoms with Crippen molar-refractivity contribution in [2.24, 2.45) is 10.9 Å². The number of carbonyl (C=O) groups is 2. The highest BCUT2D eigenvalue weighted by molar-refractivity contribution is 8.25. The molecule has 0 unspecified atom stereocenters. The van der Waals surface area contributed by atoms with Gasteiger partial charge in [0.25, 0.3) is 0 Å². The van der Waals surface area contributed by atoms with Gasteiger partial charge < -0.3 is 10.6 Å². The fourth-order valence-electron chi connectivity index (χ4n) is 4.77. The van der Waals surface area contributed by atoms with Crippen LogP contribution < -0.4 is 10.6 Å². The number of Topliss-reactive ketones (excluding diaryl/α,β-unsaturated/α-hetero) is 1. The molecule has 1 amide bonds. The average Bonchev–Trinajstić information content (AvgIpc) is 3.22. The van der Waals surface area contributed by atoms with Crippen LogP contribution >= 0.6 is 10.6 Å². The van der Waals surface area contributed by atoms with E-state index in [1.54, 1.807) is 6.07 Å². The molecule has 0 aromatic heterocycles. The van der Waals surface area contributed by atoms with Crippen LogP contribution in [0.1, 0.15) is 50.3 Å². The van der Waals surface area contributed by atoms with E-state index in [2.05, 4.69) is 25.8 Å². The van der Waals surface area contributed by atoms with Crippen LogP contribution in [0.2, 0.25) is 0 Å². The molecule has 0 bridgehead atoms. The number of anilines is 2. The van der Waals surface area contributed by atoms with Gasteiger partial charge in [0, 0.05) is 24.6 Å². The van der Waals surface area contributed by atoms with Gasteiger partial charge in [-0.1, -0.05) is 45.0 Å². The topological polar surface area (TPSA) is 116 Å². The summed E-state index contributed by atoms with van der Waals surface area (Å²) in [5, 5.41) is 0. The van der Waals surface area contributed by atoms with Crippen molar-refractivity contribution in [2.75, 3.05) is 28.7 Å². The fraction of sp³-hybridized carbons (Fsp3) is 0.444. The van der Waals surface area contributed by atoms with E-state index in [0.29, 0.717) is 30.6 Å². The van der Waals surface area contributed by atoms with E-state index >= 15 is 0 Å². The van der Waals surface area contributed by atoms with Crippen molar-refractivity contribution in [1.82, 2.24) is 0 Å². The molecule has 2 fully saturated rings. The molecule has 0 saturated carbocycles. The molecular weight excluding hydrogens is 481 g/mol. The molecule has 2 saturated heterocycles. The third-order valence-corrected chi connectivity index (χ3v) is 8.42.